The van der Waals surface area contributed by atoms with Crippen LogP contribution in [0, 0.1) is 6.92 Å². The van der Waals surface area contributed by atoms with Gasteiger partial charge in [0, 0.05) is 11.1 Å². The van der Waals surface area contributed by atoms with Crippen molar-refractivity contribution in [2.75, 3.05) is 5.32 Å². The first-order valence-corrected chi connectivity index (χ1v) is 6.69. The van der Waals surface area contributed by atoms with E-state index in [2.05, 4.69) is 15.0 Å². The smallest absolute Gasteiger partial charge is 0.387 e. The van der Waals surface area contributed by atoms with Crippen LogP contribution in [-0.2, 0) is 6.54 Å². The molecule has 19 heavy (non-hydrogen) atoms. The predicted molar refractivity (Wildman–Crippen MR) is 72.3 cm³/mol. The molecule has 0 unspecified atom stereocenters. The van der Waals surface area contributed by atoms with Crippen LogP contribution in [-0.4, -0.2) is 11.6 Å². The van der Waals surface area contributed by atoms with Gasteiger partial charge in [0.1, 0.15) is 5.75 Å². The molecule has 1 heterocycles. The Kier molecular flexibility index (Phi) is 4.55. The fourth-order valence-electron chi connectivity index (χ4n) is 1.48. The number of rotatable bonds is 5. The van der Waals surface area contributed by atoms with E-state index in [1.807, 2.05) is 12.3 Å². The normalized spacial score (nSPS) is 10.8. The Bertz CT molecular complexity index is 562. The number of aryl methyl sites for hydroxylation is 1. The lowest BCUT2D eigenvalue weighted by Gasteiger charge is -2.09. The van der Waals surface area contributed by atoms with Gasteiger partial charge in [-0.2, -0.15) is 8.78 Å². The highest BCUT2D eigenvalue weighted by molar-refractivity contribution is 7.09. The lowest BCUT2D eigenvalue weighted by atomic mass is 10.3. The maximum atomic E-state index is 12.1. The molecule has 0 aliphatic carbocycles. The summed E-state index contributed by atoms with van der Waals surface area (Å²) in [6.45, 7) is -0.397. The Hall–Kier alpha value is -1.40. The summed E-state index contributed by atoms with van der Waals surface area (Å²) >= 11 is 7.42. The molecule has 3 nitrogen and oxygen atoms in total. The minimum atomic E-state index is -2.88. The monoisotopic (exact) mass is 304 g/mol. The molecule has 0 saturated heterocycles. The molecule has 0 aliphatic rings. The number of ether oxygens (including phenoxy) is 1. The van der Waals surface area contributed by atoms with Crippen molar-refractivity contribution in [1.82, 2.24) is 4.98 Å². The molecule has 0 amide bonds. The molecule has 102 valence electrons. The van der Waals surface area contributed by atoms with Crippen LogP contribution in [0.3, 0.4) is 0 Å². The van der Waals surface area contributed by atoms with E-state index in [0.29, 0.717) is 6.54 Å². The number of nitrogens with one attached hydrogen (secondary N) is 1. The SMILES string of the molecule is Cc1nc(CNc2ccc(OC(F)F)c(Cl)c2)cs1. The Balaban J connectivity index is 1.99. The molecule has 1 aromatic heterocycles. The molecule has 0 fully saturated rings. The summed E-state index contributed by atoms with van der Waals surface area (Å²) in [4.78, 5) is 4.30. The van der Waals surface area contributed by atoms with Crippen molar-refractivity contribution >= 4 is 28.6 Å². The third-order valence-electron chi connectivity index (χ3n) is 2.29. The van der Waals surface area contributed by atoms with Gasteiger partial charge in [0.15, 0.2) is 0 Å². The van der Waals surface area contributed by atoms with Gasteiger partial charge in [0.2, 0.25) is 0 Å². The number of hydrogen-bond acceptors (Lipinski definition) is 4. The maximum Gasteiger partial charge on any atom is 0.387 e. The van der Waals surface area contributed by atoms with Crippen LogP contribution in [0.25, 0.3) is 0 Å². The molecule has 0 saturated carbocycles. The van der Waals surface area contributed by atoms with Crippen molar-refractivity contribution < 1.29 is 13.5 Å². The van der Waals surface area contributed by atoms with Crippen molar-refractivity contribution in [3.8, 4) is 5.75 Å². The number of thiazole rings is 1. The maximum absolute atomic E-state index is 12.1. The number of halogens is 3. The number of aromatic nitrogens is 1. The first kappa shape index (κ1) is 14.0. The molecular formula is C12H11ClF2N2OS. The van der Waals surface area contributed by atoms with E-state index < -0.39 is 6.61 Å². The van der Waals surface area contributed by atoms with Crippen LogP contribution >= 0.6 is 22.9 Å². The van der Waals surface area contributed by atoms with Crippen LogP contribution < -0.4 is 10.1 Å². The fraction of sp³-hybridized carbons (Fsp3) is 0.250. The molecule has 0 aliphatic heterocycles. The van der Waals surface area contributed by atoms with Crippen molar-refractivity contribution in [1.29, 1.82) is 0 Å². The second-order valence-electron chi connectivity index (χ2n) is 3.74. The number of nitrogens with zero attached hydrogens (tertiary/aromatic N) is 1. The van der Waals surface area contributed by atoms with Gasteiger partial charge < -0.3 is 10.1 Å². The Morgan fingerprint density at radius 3 is 2.84 bits per heavy atom. The van der Waals surface area contributed by atoms with E-state index >= 15 is 0 Å². The average Bonchev–Trinajstić information content (AvgIpc) is 2.75. The fourth-order valence-corrected chi connectivity index (χ4v) is 2.32. The lowest BCUT2D eigenvalue weighted by Crippen LogP contribution is -2.03. The van der Waals surface area contributed by atoms with Crippen molar-refractivity contribution in [2.45, 2.75) is 20.1 Å². The zero-order valence-electron chi connectivity index (χ0n) is 9.99. The van der Waals surface area contributed by atoms with Crippen molar-refractivity contribution in [3.63, 3.8) is 0 Å². The van der Waals surface area contributed by atoms with Crippen LogP contribution in [0.2, 0.25) is 5.02 Å². The molecule has 1 aromatic carbocycles. The lowest BCUT2D eigenvalue weighted by molar-refractivity contribution is -0.0497. The topological polar surface area (TPSA) is 34.2 Å². The Labute approximate surface area is 118 Å². The molecule has 0 spiro atoms. The van der Waals surface area contributed by atoms with E-state index in [4.69, 9.17) is 11.6 Å². The van der Waals surface area contributed by atoms with Crippen LogP contribution in [0.5, 0.6) is 5.75 Å². The summed E-state index contributed by atoms with van der Waals surface area (Å²) in [6.07, 6.45) is 0. The van der Waals surface area contributed by atoms with E-state index in [1.54, 1.807) is 23.5 Å². The summed E-state index contributed by atoms with van der Waals surface area (Å²) in [6, 6.07) is 4.57. The van der Waals surface area contributed by atoms with Crippen LogP contribution in [0.1, 0.15) is 10.7 Å². The molecule has 1 N–H and O–H groups in total. The summed E-state index contributed by atoms with van der Waals surface area (Å²) in [5.41, 5.74) is 1.64. The molecule has 2 rings (SSSR count). The van der Waals surface area contributed by atoms with E-state index in [9.17, 15) is 8.78 Å². The van der Waals surface area contributed by atoms with Crippen LogP contribution in [0.15, 0.2) is 23.6 Å². The van der Waals surface area contributed by atoms with E-state index in [0.717, 1.165) is 16.4 Å². The van der Waals surface area contributed by atoms with E-state index in [-0.39, 0.29) is 10.8 Å². The zero-order chi connectivity index (χ0) is 13.8. The molecule has 0 atom stereocenters. The van der Waals surface area contributed by atoms with Gasteiger partial charge in [-0.3, -0.25) is 0 Å². The van der Waals surface area contributed by atoms with E-state index in [1.165, 1.54) is 6.07 Å². The van der Waals surface area contributed by atoms with Crippen LogP contribution in [0.4, 0.5) is 14.5 Å². The summed E-state index contributed by atoms with van der Waals surface area (Å²) < 4.78 is 28.4. The average molecular weight is 305 g/mol. The molecule has 2 aromatic rings. The number of hydrogen-bond donors (Lipinski definition) is 1. The van der Waals surface area contributed by atoms with Gasteiger partial charge in [-0.15, -0.1) is 11.3 Å². The van der Waals surface area contributed by atoms with Gasteiger partial charge in [-0.05, 0) is 25.1 Å². The number of anilines is 1. The minimum Gasteiger partial charge on any atom is -0.433 e. The third kappa shape index (κ3) is 4.04. The van der Waals surface area contributed by atoms with Gasteiger partial charge >= 0.3 is 6.61 Å². The largest absolute Gasteiger partial charge is 0.433 e. The molecule has 0 bridgehead atoms. The first-order valence-electron chi connectivity index (χ1n) is 5.44. The number of benzene rings is 1. The van der Waals surface area contributed by atoms with Gasteiger partial charge in [-0.1, -0.05) is 11.6 Å². The number of alkyl halides is 2. The third-order valence-corrected chi connectivity index (χ3v) is 3.41. The summed E-state index contributed by atoms with van der Waals surface area (Å²) in [5, 5.41) is 6.20. The first-order chi connectivity index (χ1) is 9.04. The Morgan fingerprint density at radius 2 is 2.26 bits per heavy atom. The highest BCUT2D eigenvalue weighted by atomic mass is 35.5. The van der Waals surface area contributed by atoms with Crippen molar-refractivity contribution in [2.24, 2.45) is 0 Å². The predicted octanol–water partition coefficient (Wildman–Crippen LogP) is 4.32. The molecule has 0 radical (unpaired) electrons. The zero-order valence-corrected chi connectivity index (χ0v) is 11.6. The second-order valence-corrected chi connectivity index (χ2v) is 5.20. The molecular weight excluding hydrogens is 294 g/mol. The minimum absolute atomic E-state index is 0.0354. The standard InChI is InChI=1S/C12H11ClF2N2OS/c1-7-17-9(6-19-7)5-16-8-2-3-11(10(13)4-8)18-12(14)15/h2-4,6,12,16H,5H2,1H3. The van der Waals surface area contributed by atoms with Gasteiger partial charge in [0.05, 0.1) is 22.3 Å². The Morgan fingerprint density at radius 1 is 1.47 bits per heavy atom. The second kappa shape index (κ2) is 6.16. The van der Waals surface area contributed by atoms with Gasteiger partial charge in [0.25, 0.3) is 0 Å². The highest BCUT2D eigenvalue weighted by Gasteiger charge is 2.09. The highest BCUT2D eigenvalue weighted by Crippen LogP contribution is 2.29. The summed E-state index contributed by atoms with van der Waals surface area (Å²) in [5.74, 6) is -0.0354. The van der Waals surface area contributed by atoms with Gasteiger partial charge in [-0.25, -0.2) is 4.98 Å². The summed E-state index contributed by atoms with van der Waals surface area (Å²) in [7, 11) is 0. The van der Waals surface area contributed by atoms with Crippen molar-refractivity contribution in [3.05, 3.63) is 39.3 Å². The molecule has 7 heteroatoms. The quantitative estimate of drug-likeness (QED) is 0.893.